The Bertz CT molecular complexity index is 856. The number of aromatic nitrogens is 1. The van der Waals surface area contributed by atoms with E-state index >= 15 is 0 Å². The van der Waals surface area contributed by atoms with Gasteiger partial charge in [-0.05, 0) is 38.8 Å². The average Bonchev–Trinajstić information content (AvgIpc) is 3.25. The van der Waals surface area contributed by atoms with Crippen LogP contribution >= 0.6 is 11.3 Å². The van der Waals surface area contributed by atoms with Crippen LogP contribution in [0, 0.1) is 0 Å². The molecule has 0 aliphatic carbocycles. The van der Waals surface area contributed by atoms with Crippen molar-refractivity contribution < 1.29 is 22.5 Å². The van der Waals surface area contributed by atoms with E-state index in [4.69, 9.17) is 9.26 Å². The van der Waals surface area contributed by atoms with Gasteiger partial charge in [0.25, 0.3) is 10.0 Å². The third-order valence-electron chi connectivity index (χ3n) is 4.12. The minimum atomic E-state index is -3.52. The third kappa shape index (κ3) is 3.63. The molecule has 25 heavy (non-hydrogen) atoms. The molecule has 0 bridgehead atoms. The molecule has 0 aromatic carbocycles. The van der Waals surface area contributed by atoms with Crippen molar-refractivity contribution in [3.8, 4) is 10.6 Å². The molecule has 2 aromatic rings. The van der Waals surface area contributed by atoms with E-state index in [1.165, 1.54) is 6.07 Å². The topological polar surface area (TPSA) is 89.7 Å². The summed E-state index contributed by atoms with van der Waals surface area (Å²) in [6, 6.07) is 4.71. The highest BCUT2D eigenvalue weighted by atomic mass is 32.2. The Balaban J connectivity index is 1.84. The standard InChI is InChI=1S/C16H20N2O5S2/c1-3-22-16(19)12-10-13(23-17-12)14-7-8-15(24-14)25(20,21)18-9-5-4-6-11(18)2/h7-8,10-11H,3-6,9H2,1-2H3/t11-/m0/s1. The number of hydrogen-bond donors (Lipinski definition) is 0. The molecule has 7 nitrogen and oxygen atoms in total. The molecular formula is C16H20N2O5S2. The van der Waals surface area contributed by atoms with Crippen molar-refractivity contribution >= 4 is 27.3 Å². The van der Waals surface area contributed by atoms with E-state index in [0.717, 1.165) is 30.6 Å². The van der Waals surface area contributed by atoms with Crippen molar-refractivity contribution in [1.82, 2.24) is 9.46 Å². The summed E-state index contributed by atoms with van der Waals surface area (Å²) in [5.41, 5.74) is 0.0688. The van der Waals surface area contributed by atoms with Gasteiger partial charge in [-0.1, -0.05) is 11.6 Å². The lowest BCUT2D eigenvalue weighted by molar-refractivity contribution is 0.0514. The Kier molecular flexibility index (Phi) is 5.26. The summed E-state index contributed by atoms with van der Waals surface area (Å²) in [6.07, 6.45) is 2.81. The maximum atomic E-state index is 12.9. The van der Waals surface area contributed by atoms with Crippen LogP contribution in [0.1, 0.15) is 43.6 Å². The van der Waals surface area contributed by atoms with Crippen LogP contribution in [0.25, 0.3) is 10.6 Å². The van der Waals surface area contributed by atoms with Gasteiger partial charge in [0.15, 0.2) is 11.5 Å². The Hall–Kier alpha value is -1.71. The van der Waals surface area contributed by atoms with Crippen LogP contribution in [0.4, 0.5) is 0 Å². The lowest BCUT2D eigenvalue weighted by Gasteiger charge is -2.31. The molecule has 0 N–H and O–H groups in total. The molecule has 0 spiro atoms. The molecule has 1 atom stereocenters. The maximum Gasteiger partial charge on any atom is 0.360 e. The first-order valence-electron chi connectivity index (χ1n) is 8.19. The Morgan fingerprint density at radius 2 is 2.24 bits per heavy atom. The predicted molar refractivity (Wildman–Crippen MR) is 93.0 cm³/mol. The van der Waals surface area contributed by atoms with E-state index in [1.54, 1.807) is 23.4 Å². The van der Waals surface area contributed by atoms with Crippen molar-refractivity contribution in [3.05, 3.63) is 23.9 Å². The van der Waals surface area contributed by atoms with Crippen molar-refractivity contribution in [1.29, 1.82) is 0 Å². The summed E-state index contributed by atoms with van der Waals surface area (Å²) in [6.45, 7) is 4.44. The fourth-order valence-electron chi connectivity index (χ4n) is 2.83. The van der Waals surface area contributed by atoms with Gasteiger partial charge in [0.1, 0.15) is 4.21 Å². The molecule has 0 unspecified atom stereocenters. The highest BCUT2D eigenvalue weighted by Gasteiger charge is 2.32. The minimum Gasteiger partial charge on any atom is -0.461 e. The van der Waals surface area contributed by atoms with Crippen molar-refractivity contribution in [2.45, 2.75) is 43.4 Å². The van der Waals surface area contributed by atoms with E-state index in [1.807, 2.05) is 6.92 Å². The van der Waals surface area contributed by atoms with E-state index < -0.39 is 16.0 Å². The van der Waals surface area contributed by atoms with Gasteiger partial charge in [0, 0.05) is 18.7 Å². The number of esters is 1. The predicted octanol–water partition coefficient (Wildman–Crippen LogP) is 3.14. The first kappa shape index (κ1) is 18.1. The van der Waals surface area contributed by atoms with Gasteiger partial charge >= 0.3 is 5.97 Å². The molecule has 136 valence electrons. The SMILES string of the molecule is CCOC(=O)c1cc(-c2ccc(S(=O)(=O)N3CCCC[C@@H]3C)s2)on1. The highest BCUT2D eigenvalue weighted by molar-refractivity contribution is 7.91. The molecule has 9 heteroatoms. The Morgan fingerprint density at radius 3 is 2.96 bits per heavy atom. The first-order valence-corrected chi connectivity index (χ1v) is 10.4. The quantitative estimate of drug-likeness (QED) is 0.736. The molecule has 0 amide bonds. The molecule has 3 rings (SSSR count). The van der Waals surface area contributed by atoms with Crippen LogP contribution in [0.5, 0.6) is 0 Å². The molecule has 0 saturated carbocycles. The van der Waals surface area contributed by atoms with E-state index in [2.05, 4.69) is 5.16 Å². The van der Waals surface area contributed by atoms with Gasteiger partial charge in [0.2, 0.25) is 0 Å². The van der Waals surface area contributed by atoms with Crippen molar-refractivity contribution in [2.75, 3.05) is 13.2 Å². The summed E-state index contributed by atoms with van der Waals surface area (Å²) in [7, 11) is -3.52. The molecule has 2 aromatic heterocycles. The van der Waals surface area contributed by atoms with Crippen LogP contribution in [0.2, 0.25) is 0 Å². The molecule has 1 saturated heterocycles. The number of thiophene rings is 1. The average molecular weight is 384 g/mol. The van der Waals surface area contributed by atoms with Gasteiger partial charge in [-0.2, -0.15) is 4.31 Å². The Labute approximate surface area is 150 Å². The fourth-order valence-corrected chi connectivity index (χ4v) is 5.91. The van der Waals surface area contributed by atoms with Crippen LogP contribution < -0.4 is 0 Å². The van der Waals surface area contributed by atoms with Gasteiger partial charge < -0.3 is 9.26 Å². The Morgan fingerprint density at radius 1 is 1.44 bits per heavy atom. The number of sulfonamides is 1. The molecule has 1 aliphatic heterocycles. The van der Waals surface area contributed by atoms with Gasteiger partial charge in [-0.15, -0.1) is 11.3 Å². The molecule has 3 heterocycles. The number of carbonyl (C=O) groups excluding carboxylic acids is 1. The normalized spacial score (nSPS) is 19.0. The number of nitrogens with zero attached hydrogens (tertiary/aromatic N) is 2. The minimum absolute atomic E-state index is 0.00463. The zero-order chi connectivity index (χ0) is 18.0. The van der Waals surface area contributed by atoms with Crippen LogP contribution in [-0.4, -0.2) is 43.0 Å². The summed E-state index contributed by atoms with van der Waals surface area (Å²) < 4.78 is 37.6. The second-order valence-corrected chi connectivity index (χ2v) is 9.08. The van der Waals surface area contributed by atoms with E-state index in [0.29, 0.717) is 17.2 Å². The number of rotatable bonds is 5. The molecule has 1 aliphatic rings. The zero-order valence-corrected chi connectivity index (χ0v) is 15.7. The lowest BCUT2D eigenvalue weighted by atomic mass is 10.1. The number of piperidine rings is 1. The summed E-state index contributed by atoms with van der Waals surface area (Å²) in [5.74, 6) is -0.217. The van der Waals surface area contributed by atoms with Gasteiger partial charge in [0.05, 0.1) is 11.5 Å². The van der Waals surface area contributed by atoms with E-state index in [-0.39, 0.29) is 22.6 Å². The fraction of sp³-hybridized carbons (Fsp3) is 0.500. The number of carbonyl (C=O) groups is 1. The number of ether oxygens (including phenoxy) is 1. The maximum absolute atomic E-state index is 12.9. The van der Waals surface area contributed by atoms with Crippen LogP contribution in [0.15, 0.2) is 26.9 Å². The molecule has 1 fully saturated rings. The van der Waals surface area contributed by atoms with Gasteiger partial charge in [-0.25, -0.2) is 13.2 Å². The monoisotopic (exact) mass is 384 g/mol. The van der Waals surface area contributed by atoms with Crippen LogP contribution in [-0.2, 0) is 14.8 Å². The van der Waals surface area contributed by atoms with Crippen molar-refractivity contribution in [3.63, 3.8) is 0 Å². The highest BCUT2D eigenvalue weighted by Crippen LogP contribution is 2.34. The van der Waals surface area contributed by atoms with Crippen molar-refractivity contribution in [2.24, 2.45) is 0 Å². The second kappa shape index (κ2) is 7.27. The summed E-state index contributed by atoms with van der Waals surface area (Å²) >= 11 is 1.11. The summed E-state index contributed by atoms with van der Waals surface area (Å²) in [5, 5.41) is 3.68. The first-order chi connectivity index (χ1) is 11.9. The van der Waals surface area contributed by atoms with E-state index in [9.17, 15) is 13.2 Å². The third-order valence-corrected chi connectivity index (χ3v) is 7.70. The zero-order valence-electron chi connectivity index (χ0n) is 14.1. The smallest absolute Gasteiger partial charge is 0.360 e. The second-order valence-electron chi connectivity index (χ2n) is 5.88. The van der Waals surface area contributed by atoms with Gasteiger partial charge in [-0.3, -0.25) is 0 Å². The number of hydrogen-bond acceptors (Lipinski definition) is 7. The summed E-state index contributed by atoms with van der Waals surface area (Å²) in [4.78, 5) is 12.3. The largest absolute Gasteiger partial charge is 0.461 e. The van der Waals surface area contributed by atoms with Crippen LogP contribution in [0.3, 0.4) is 0 Å². The molecule has 0 radical (unpaired) electrons. The molecular weight excluding hydrogens is 364 g/mol. The lowest BCUT2D eigenvalue weighted by Crippen LogP contribution is -2.41.